The number of carboxylic acids is 1. The van der Waals surface area contributed by atoms with Gasteiger partial charge in [0, 0.05) is 25.9 Å². The van der Waals surface area contributed by atoms with Crippen LogP contribution < -0.4 is 0 Å². The highest BCUT2D eigenvalue weighted by Gasteiger charge is 2.27. The van der Waals surface area contributed by atoms with Crippen LogP contribution in [0.25, 0.3) is 0 Å². The van der Waals surface area contributed by atoms with Crippen LogP contribution in [-0.4, -0.2) is 35.0 Å². The molecule has 1 unspecified atom stereocenters. The van der Waals surface area contributed by atoms with Gasteiger partial charge in [0.25, 0.3) is 0 Å². The molecule has 1 heterocycles. The zero-order valence-electron chi connectivity index (χ0n) is 12.1. The smallest absolute Gasteiger partial charge is 0.303 e. The van der Waals surface area contributed by atoms with Crippen molar-refractivity contribution in [3.8, 4) is 0 Å². The van der Waals surface area contributed by atoms with Crippen molar-refractivity contribution in [3.63, 3.8) is 0 Å². The zero-order valence-corrected chi connectivity index (χ0v) is 12.1. The summed E-state index contributed by atoms with van der Waals surface area (Å²) < 4.78 is 0. The normalized spacial score (nSPS) is 18.8. The molecule has 0 aromatic carbocycles. The Bertz CT molecular complexity index is 291. The van der Waals surface area contributed by atoms with E-state index in [-0.39, 0.29) is 18.2 Å². The molecular formula is C15H27NO3. The average molecular weight is 269 g/mol. The molecule has 0 aromatic heterocycles. The number of carbonyl (C=O) groups is 2. The highest BCUT2D eigenvalue weighted by molar-refractivity contribution is 5.76. The molecule has 0 bridgehead atoms. The van der Waals surface area contributed by atoms with Crippen molar-refractivity contribution in [3.05, 3.63) is 0 Å². The molecule has 4 nitrogen and oxygen atoms in total. The maximum absolute atomic E-state index is 11.9. The number of unbranched alkanes of at least 4 members (excludes halogenated alkanes) is 5. The highest BCUT2D eigenvalue weighted by atomic mass is 16.4. The molecule has 1 fully saturated rings. The van der Waals surface area contributed by atoms with Gasteiger partial charge in [-0.25, -0.2) is 0 Å². The van der Waals surface area contributed by atoms with Crippen LogP contribution in [0.4, 0.5) is 0 Å². The van der Waals surface area contributed by atoms with Gasteiger partial charge in [-0.1, -0.05) is 39.0 Å². The summed E-state index contributed by atoms with van der Waals surface area (Å²) in [6.45, 7) is 3.58. The molecule has 0 spiro atoms. The van der Waals surface area contributed by atoms with Gasteiger partial charge in [-0.15, -0.1) is 0 Å². The summed E-state index contributed by atoms with van der Waals surface area (Å²) in [4.78, 5) is 24.4. The summed E-state index contributed by atoms with van der Waals surface area (Å²) in [5.74, 6) is -0.385. The summed E-state index contributed by atoms with van der Waals surface area (Å²) in [5, 5.41) is 8.74. The van der Waals surface area contributed by atoms with Gasteiger partial charge in [0.1, 0.15) is 0 Å². The second-order valence-electron chi connectivity index (χ2n) is 5.61. The number of likely N-dealkylation sites (tertiary alicyclic amines) is 1. The number of carboxylic acid groups (broad SMARTS) is 1. The van der Waals surface area contributed by atoms with Crippen LogP contribution in [0.1, 0.15) is 64.7 Å². The van der Waals surface area contributed by atoms with Crippen molar-refractivity contribution in [2.45, 2.75) is 64.7 Å². The molecule has 1 amide bonds. The minimum Gasteiger partial charge on any atom is -0.481 e. The standard InChI is InChI=1S/C15H27NO3/c1-2-3-4-5-6-7-8-14(17)16-10-9-13(12-16)11-15(18)19/h13H,2-12H2,1H3,(H,18,19). The van der Waals surface area contributed by atoms with Gasteiger partial charge in [0.05, 0.1) is 0 Å². The van der Waals surface area contributed by atoms with E-state index in [9.17, 15) is 9.59 Å². The van der Waals surface area contributed by atoms with Crippen LogP contribution in [0.15, 0.2) is 0 Å². The summed E-state index contributed by atoms with van der Waals surface area (Å²) in [6.07, 6.45) is 8.81. The molecule has 1 aliphatic rings. The first-order valence-corrected chi connectivity index (χ1v) is 7.63. The van der Waals surface area contributed by atoms with Crippen LogP contribution >= 0.6 is 0 Å². The lowest BCUT2D eigenvalue weighted by molar-refractivity contribution is -0.138. The summed E-state index contributed by atoms with van der Waals surface area (Å²) >= 11 is 0. The number of carbonyl (C=O) groups excluding carboxylic acids is 1. The van der Waals surface area contributed by atoms with Crippen molar-refractivity contribution in [2.24, 2.45) is 5.92 Å². The lowest BCUT2D eigenvalue weighted by Crippen LogP contribution is -2.28. The molecule has 4 heteroatoms. The molecule has 1 aliphatic heterocycles. The van der Waals surface area contributed by atoms with Crippen molar-refractivity contribution in [1.29, 1.82) is 0 Å². The van der Waals surface area contributed by atoms with Crippen molar-refractivity contribution in [2.75, 3.05) is 13.1 Å². The molecule has 110 valence electrons. The quantitative estimate of drug-likeness (QED) is 0.654. The molecule has 0 aliphatic carbocycles. The van der Waals surface area contributed by atoms with Gasteiger partial charge in [0.15, 0.2) is 0 Å². The summed E-state index contributed by atoms with van der Waals surface area (Å²) in [5.41, 5.74) is 0. The molecule has 1 N–H and O–H groups in total. The fraction of sp³-hybridized carbons (Fsp3) is 0.867. The van der Waals surface area contributed by atoms with E-state index in [1.807, 2.05) is 4.90 Å². The second kappa shape index (κ2) is 8.94. The number of aliphatic carboxylic acids is 1. The molecule has 0 aromatic rings. The van der Waals surface area contributed by atoms with Crippen LogP contribution in [0, 0.1) is 5.92 Å². The monoisotopic (exact) mass is 269 g/mol. The summed E-state index contributed by atoms with van der Waals surface area (Å²) in [7, 11) is 0. The van der Waals surface area contributed by atoms with Gasteiger partial charge in [-0.2, -0.15) is 0 Å². The molecule has 1 atom stereocenters. The Hall–Kier alpha value is -1.06. The van der Waals surface area contributed by atoms with E-state index in [0.29, 0.717) is 13.0 Å². The van der Waals surface area contributed by atoms with Crippen LogP contribution in [0.5, 0.6) is 0 Å². The molecule has 0 saturated carbocycles. The molecule has 19 heavy (non-hydrogen) atoms. The number of hydrogen-bond donors (Lipinski definition) is 1. The van der Waals surface area contributed by atoms with Gasteiger partial charge >= 0.3 is 5.97 Å². The van der Waals surface area contributed by atoms with Crippen LogP contribution in [0.3, 0.4) is 0 Å². The second-order valence-corrected chi connectivity index (χ2v) is 5.61. The minimum absolute atomic E-state index is 0.158. The predicted molar refractivity (Wildman–Crippen MR) is 74.9 cm³/mol. The van der Waals surface area contributed by atoms with E-state index in [2.05, 4.69) is 6.92 Å². The Morgan fingerprint density at radius 2 is 1.84 bits per heavy atom. The van der Waals surface area contributed by atoms with E-state index in [0.717, 1.165) is 25.8 Å². The lowest BCUT2D eigenvalue weighted by atomic mass is 10.1. The third kappa shape index (κ3) is 6.60. The minimum atomic E-state index is -0.754. The first-order valence-electron chi connectivity index (χ1n) is 7.63. The fourth-order valence-electron chi connectivity index (χ4n) is 2.69. The molecule has 0 radical (unpaired) electrons. The maximum atomic E-state index is 11.9. The van der Waals surface area contributed by atoms with E-state index in [1.54, 1.807) is 0 Å². The van der Waals surface area contributed by atoms with E-state index in [4.69, 9.17) is 5.11 Å². The maximum Gasteiger partial charge on any atom is 0.303 e. The van der Waals surface area contributed by atoms with Gasteiger partial charge in [-0.3, -0.25) is 9.59 Å². The largest absolute Gasteiger partial charge is 0.481 e. The van der Waals surface area contributed by atoms with Crippen LogP contribution in [0.2, 0.25) is 0 Å². The lowest BCUT2D eigenvalue weighted by Gasteiger charge is -2.16. The van der Waals surface area contributed by atoms with E-state index < -0.39 is 5.97 Å². The van der Waals surface area contributed by atoms with Crippen molar-refractivity contribution < 1.29 is 14.7 Å². The van der Waals surface area contributed by atoms with Gasteiger partial charge in [-0.05, 0) is 18.8 Å². The third-order valence-electron chi connectivity index (χ3n) is 3.85. The van der Waals surface area contributed by atoms with E-state index in [1.165, 1.54) is 25.7 Å². The average Bonchev–Trinajstić information content (AvgIpc) is 2.81. The topological polar surface area (TPSA) is 57.6 Å². The Morgan fingerprint density at radius 1 is 1.16 bits per heavy atom. The molecular weight excluding hydrogens is 242 g/mol. The Morgan fingerprint density at radius 3 is 2.53 bits per heavy atom. The van der Waals surface area contributed by atoms with Gasteiger partial charge < -0.3 is 10.0 Å². The Labute approximate surface area is 116 Å². The molecule has 1 rings (SSSR count). The number of nitrogens with zero attached hydrogens (tertiary/aromatic N) is 1. The zero-order chi connectivity index (χ0) is 14.1. The van der Waals surface area contributed by atoms with Crippen molar-refractivity contribution >= 4 is 11.9 Å². The predicted octanol–water partition coefficient (Wildman–Crippen LogP) is 3.06. The van der Waals surface area contributed by atoms with Gasteiger partial charge in [0.2, 0.25) is 5.91 Å². The molecule has 1 saturated heterocycles. The van der Waals surface area contributed by atoms with E-state index >= 15 is 0 Å². The first-order chi connectivity index (χ1) is 9.13. The fourth-order valence-corrected chi connectivity index (χ4v) is 2.69. The van der Waals surface area contributed by atoms with Crippen molar-refractivity contribution in [1.82, 2.24) is 4.90 Å². The number of amides is 1. The third-order valence-corrected chi connectivity index (χ3v) is 3.85. The van der Waals surface area contributed by atoms with Crippen LogP contribution in [-0.2, 0) is 9.59 Å². The highest BCUT2D eigenvalue weighted by Crippen LogP contribution is 2.20. The summed E-state index contributed by atoms with van der Waals surface area (Å²) in [6, 6.07) is 0. The Kier molecular flexibility index (Phi) is 7.53. The Balaban J connectivity index is 2.09. The SMILES string of the molecule is CCCCCCCCC(=O)N1CCC(CC(=O)O)C1. The number of hydrogen-bond acceptors (Lipinski definition) is 2. The first kappa shape index (κ1) is 16.0. The number of rotatable bonds is 9.